The topological polar surface area (TPSA) is 77.8 Å². The Morgan fingerprint density at radius 2 is 1.70 bits per heavy atom. The van der Waals surface area contributed by atoms with E-state index in [-0.39, 0.29) is 23.0 Å². The van der Waals surface area contributed by atoms with Gasteiger partial charge in [0.15, 0.2) is 11.6 Å². The van der Waals surface area contributed by atoms with Gasteiger partial charge in [0.05, 0.1) is 37.9 Å². The van der Waals surface area contributed by atoms with Crippen LogP contribution in [-0.2, 0) is 23.7 Å². The van der Waals surface area contributed by atoms with E-state index in [9.17, 15) is 10.1 Å². The molecule has 6 nitrogen and oxygen atoms in total. The third kappa shape index (κ3) is 2.11. The van der Waals surface area contributed by atoms with Crippen molar-refractivity contribution < 1.29 is 23.7 Å². The Hall–Kier alpha value is -1.26. The van der Waals surface area contributed by atoms with Gasteiger partial charge in [0.25, 0.3) is 0 Å². The van der Waals surface area contributed by atoms with Gasteiger partial charge in [-0.1, -0.05) is 25.5 Å². The highest BCUT2D eigenvalue weighted by molar-refractivity contribution is 5.86. The van der Waals surface area contributed by atoms with E-state index in [1.807, 2.05) is 0 Å². The maximum absolute atomic E-state index is 13.9. The lowest BCUT2D eigenvalue weighted by molar-refractivity contribution is -0.245. The molecule has 5 atom stereocenters. The number of carbonyl (C=O) groups excluding carboxylic acids is 1. The maximum atomic E-state index is 13.9. The number of nitriles is 1. The molecule has 1 unspecified atom stereocenters. The summed E-state index contributed by atoms with van der Waals surface area (Å²) in [5, 5.41) is 10.6. The lowest BCUT2D eigenvalue weighted by atomic mass is 9.41. The van der Waals surface area contributed by atoms with Gasteiger partial charge >= 0.3 is 0 Å². The van der Waals surface area contributed by atoms with E-state index in [1.165, 1.54) is 5.57 Å². The Bertz CT molecular complexity index is 863. The van der Waals surface area contributed by atoms with Gasteiger partial charge in [0, 0.05) is 42.4 Å². The SMILES string of the molecule is C[C@]12CCC3(CC1=CC[C@]1(C#N)C2C(=O)C[C@@]2(C)[C@H]1CCC21OCCO1)OCCO3. The third-order valence-corrected chi connectivity index (χ3v) is 9.72. The molecule has 5 fully saturated rings. The second-order valence-corrected chi connectivity index (χ2v) is 10.8. The molecule has 4 aliphatic carbocycles. The van der Waals surface area contributed by atoms with Gasteiger partial charge in [-0.05, 0) is 25.2 Å². The normalized spacial score (nSPS) is 48.2. The molecule has 2 saturated heterocycles. The van der Waals surface area contributed by atoms with Crippen LogP contribution in [0.1, 0.15) is 58.8 Å². The van der Waals surface area contributed by atoms with E-state index in [4.69, 9.17) is 18.9 Å². The number of hydrogen-bond donors (Lipinski definition) is 0. The van der Waals surface area contributed by atoms with Gasteiger partial charge in [-0.2, -0.15) is 5.26 Å². The lowest BCUT2D eigenvalue weighted by Gasteiger charge is -2.61. The number of ketones is 1. The molecule has 0 aromatic heterocycles. The summed E-state index contributed by atoms with van der Waals surface area (Å²) in [6, 6.07) is 2.73. The highest BCUT2D eigenvalue weighted by Crippen LogP contribution is 2.72. The van der Waals surface area contributed by atoms with Crippen molar-refractivity contribution in [2.24, 2.45) is 28.1 Å². The number of rotatable bonds is 0. The fourth-order valence-corrected chi connectivity index (χ4v) is 8.40. The van der Waals surface area contributed by atoms with Gasteiger partial charge < -0.3 is 18.9 Å². The van der Waals surface area contributed by atoms with Crippen LogP contribution < -0.4 is 0 Å². The Balaban J connectivity index is 1.44. The molecule has 0 aromatic rings. The molecule has 0 aromatic carbocycles. The third-order valence-electron chi connectivity index (χ3n) is 9.72. The Kier molecular flexibility index (Phi) is 3.85. The quantitative estimate of drug-likeness (QED) is 0.566. The van der Waals surface area contributed by atoms with Crippen LogP contribution in [0.15, 0.2) is 11.6 Å². The molecule has 0 bridgehead atoms. The van der Waals surface area contributed by atoms with Crippen LogP contribution in [0.3, 0.4) is 0 Å². The van der Waals surface area contributed by atoms with Crippen LogP contribution in [0.2, 0.25) is 0 Å². The fourth-order valence-electron chi connectivity index (χ4n) is 8.40. The number of carbonyl (C=O) groups is 1. The van der Waals surface area contributed by atoms with Crippen LogP contribution >= 0.6 is 0 Å². The Morgan fingerprint density at radius 1 is 1.00 bits per heavy atom. The van der Waals surface area contributed by atoms with Crippen molar-refractivity contribution in [3.63, 3.8) is 0 Å². The van der Waals surface area contributed by atoms with Crippen molar-refractivity contribution in [3.8, 4) is 6.07 Å². The van der Waals surface area contributed by atoms with E-state index in [0.717, 1.165) is 25.7 Å². The molecule has 3 saturated carbocycles. The molecular weight excluding hydrogens is 382 g/mol. The summed E-state index contributed by atoms with van der Waals surface area (Å²) in [4.78, 5) is 13.9. The fraction of sp³-hybridized carbons (Fsp3) is 0.833. The van der Waals surface area contributed by atoms with Crippen LogP contribution in [-0.4, -0.2) is 43.8 Å². The Labute approximate surface area is 177 Å². The highest BCUT2D eigenvalue weighted by atomic mass is 16.7. The molecule has 0 amide bonds. The number of nitrogens with zero attached hydrogens (tertiary/aromatic N) is 1. The summed E-state index contributed by atoms with van der Waals surface area (Å²) in [5.41, 5.74) is -0.185. The number of Topliss-reactive ketones (excluding diaryl/α,β-unsaturated/α-hetero) is 1. The molecule has 6 rings (SSSR count). The monoisotopic (exact) mass is 413 g/mol. The highest BCUT2D eigenvalue weighted by Gasteiger charge is 2.74. The number of hydrogen-bond acceptors (Lipinski definition) is 6. The average molecular weight is 414 g/mol. The van der Waals surface area contributed by atoms with E-state index >= 15 is 0 Å². The Morgan fingerprint density at radius 3 is 2.40 bits per heavy atom. The smallest absolute Gasteiger partial charge is 0.174 e. The van der Waals surface area contributed by atoms with Crippen molar-refractivity contribution in [1.82, 2.24) is 0 Å². The molecule has 6 aliphatic rings. The summed E-state index contributed by atoms with van der Waals surface area (Å²) in [5.74, 6) is -1.18. The lowest BCUT2D eigenvalue weighted by Crippen LogP contribution is -2.63. The predicted molar refractivity (Wildman–Crippen MR) is 106 cm³/mol. The summed E-state index contributed by atoms with van der Waals surface area (Å²) >= 11 is 0. The van der Waals surface area contributed by atoms with Crippen molar-refractivity contribution in [2.75, 3.05) is 26.4 Å². The van der Waals surface area contributed by atoms with Crippen LogP contribution in [0.4, 0.5) is 0 Å². The first-order chi connectivity index (χ1) is 14.3. The van der Waals surface area contributed by atoms with E-state index in [1.54, 1.807) is 0 Å². The standard InChI is InChI=1S/C24H31NO5/c1-20-7-8-23(27-9-10-28-23)13-16(20)3-5-22(15-25)18-4-6-24(29-11-12-30-24)21(18,2)14-17(26)19(20)22/h3,18-19H,4-14H2,1-2H3/t18-,19?,20+,21+,22-/m1/s1. The van der Waals surface area contributed by atoms with E-state index < -0.39 is 22.4 Å². The number of fused-ring (bicyclic) bond motifs is 6. The molecule has 0 radical (unpaired) electrons. The molecule has 162 valence electrons. The van der Waals surface area contributed by atoms with Crippen LogP contribution in [0.25, 0.3) is 0 Å². The van der Waals surface area contributed by atoms with Gasteiger partial charge in [-0.15, -0.1) is 0 Å². The largest absolute Gasteiger partial charge is 0.347 e. The minimum absolute atomic E-state index is 0.0975. The number of allylic oxidation sites excluding steroid dienone is 1. The second-order valence-electron chi connectivity index (χ2n) is 10.8. The van der Waals surface area contributed by atoms with Crippen molar-refractivity contribution in [3.05, 3.63) is 11.6 Å². The molecule has 2 spiro atoms. The molecule has 30 heavy (non-hydrogen) atoms. The molecule has 0 N–H and O–H groups in total. The molecular formula is C24H31NO5. The van der Waals surface area contributed by atoms with Crippen LogP contribution in [0.5, 0.6) is 0 Å². The summed E-state index contributed by atoms with van der Waals surface area (Å²) in [6.07, 6.45) is 7.28. The molecule has 6 heteroatoms. The molecule has 2 aliphatic heterocycles. The van der Waals surface area contributed by atoms with Crippen molar-refractivity contribution >= 4 is 5.78 Å². The zero-order valence-electron chi connectivity index (χ0n) is 18.0. The van der Waals surface area contributed by atoms with Gasteiger partial charge in [-0.3, -0.25) is 4.79 Å². The van der Waals surface area contributed by atoms with E-state index in [2.05, 4.69) is 26.0 Å². The molecule has 2 heterocycles. The predicted octanol–water partition coefficient (Wildman–Crippen LogP) is 3.51. The van der Waals surface area contributed by atoms with Crippen LogP contribution in [0, 0.1) is 39.4 Å². The minimum Gasteiger partial charge on any atom is -0.347 e. The second kappa shape index (κ2) is 5.95. The van der Waals surface area contributed by atoms with Gasteiger partial charge in [-0.25, -0.2) is 0 Å². The maximum Gasteiger partial charge on any atom is 0.174 e. The zero-order valence-corrected chi connectivity index (χ0v) is 18.0. The van der Waals surface area contributed by atoms with Gasteiger partial charge in [0.1, 0.15) is 5.78 Å². The first kappa shape index (κ1) is 19.4. The summed E-state index contributed by atoms with van der Waals surface area (Å²) < 4.78 is 24.3. The minimum atomic E-state index is -0.699. The first-order valence-corrected chi connectivity index (χ1v) is 11.5. The van der Waals surface area contributed by atoms with E-state index in [0.29, 0.717) is 45.7 Å². The number of ether oxygens (including phenoxy) is 4. The van der Waals surface area contributed by atoms with Crippen molar-refractivity contribution in [2.45, 2.75) is 70.4 Å². The zero-order chi connectivity index (χ0) is 20.8. The average Bonchev–Trinajstić information content (AvgIpc) is 3.44. The summed E-state index contributed by atoms with van der Waals surface area (Å²) in [6.45, 7) is 6.77. The summed E-state index contributed by atoms with van der Waals surface area (Å²) in [7, 11) is 0. The first-order valence-electron chi connectivity index (χ1n) is 11.5. The van der Waals surface area contributed by atoms with Crippen molar-refractivity contribution in [1.29, 1.82) is 5.26 Å². The van der Waals surface area contributed by atoms with Gasteiger partial charge in [0.2, 0.25) is 0 Å².